The number of halogens is 4. The van der Waals surface area contributed by atoms with Crippen LogP contribution in [0.4, 0.5) is 34.8 Å². The number of benzene rings is 3. The Kier molecular flexibility index (Phi) is 13.6. The summed E-state index contributed by atoms with van der Waals surface area (Å²) < 4.78 is 68.8. The van der Waals surface area contributed by atoms with Gasteiger partial charge in [0.05, 0.1) is 53.7 Å². The number of rotatable bonds is 15. The molecule has 3 unspecified atom stereocenters. The summed E-state index contributed by atoms with van der Waals surface area (Å²) in [5, 5.41) is 8.91. The Hall–Kier alpha value is -6.61. The Morgan fingerprint density at radius 3 is 2.28 bits per heavy atom. The SMILES string of the molecule is CNC(=O)C(CC1(COc2cc3c(NC(C)c4cc(N)cc(C(F)(F)F)c4)nc(C)nc3cc2OC)CC1)N1CCC(CN2CCN(c3cc4c(cc3F)C(=O)N(C3CCC(=O)NC3=O)C4=O)CC2)CC1. The smallest absolute Gasteiger partial charge is 0.416 e. The number of aromatic nitrogens is 2. The van der Waals surface area contributed by atoms with Gasteiger partial charge in [-0.3, -0.25) is 44.0 Å². The van der Waals surface area contributed by atoms with Gasteiger partial charge in [-0.05, 0) is 113 Å². The minimum atomic E-state index is -4.56. The largest absolute Gasteiger partial charge is 0.493 e. The molecule has 1 aromatic heterocycles. The van der Waals surface area contributed by atoms with Crippen molar-refractivity contribution >= 4 is 57.6 Å². The Bertz CT molecular complexity index is 2770. The molecular weight excluding hydrogens is 929 g/mol. The number of aryl methyl sites for hydroxylation is 1. The fourth-order valence-corrected chi connectivity index (χ4v) is 10.5. The van der Waals surface area contributed by atoms with E-state index in [4.69, 9.17) is 15.2 Å². The van der Waals surface area contributed by atoms with E-state index in [0.29, 0.717) is 84.7 Å². The molecule has 1 saturated carbocycles. The summed E-state index contributed by atoms with van der Waals surface area (Å²) in [4.78, 5) is 80.9. The van der Waals surface area contributed by atoms with Gasteiger partial charge in [0.25, 0.3) is 11.8 Å². The molecule has 378 valence electrons. The number of methoxy groups -OCH3 is 1. The average Bonchev–Trinajstić information content (AvgIpc) is 4.07. The zero-order valence-electron chi connectivity index (χ0n) is 40.1. The van der Waals surface area contributed by atoms with Crippen molar-refractivity contribution in [3.63, 3.8) is 0 Å². The highest BCUT2D eigenvalue weighted by molar-refractivity contribution is 6.23. The summed E-state index contributed by atoms with van der Waals surface area (Å²) in [6.07, 6.45) is -0.439. The maximum absolute atomic E-state index is 15.6. The number of hydrogen-bond acceptors (Lipinski definition) is 14. The Morgan fingerprint density at radius 1 is 0.930 bits per heavy atom. The van der Waals surface area contributed by atoms with Crippen molar-refractivity contribution in [3.8, 4) is 11.5 Å². The van der Waals surface area contributed by atoms with Crippen LogP contribution in [0.5, 0.6) is 11.5 Å². The van der Waals surface area contributed by atoms with Gasteiger partial charge >= 0.3 is 6.18 Å². The molecule has 3 aromatic carbocycles. The van der Waals surface area contributed by atoms with E-state index in [1.165, 1.54) is 19.2 Å². The minimum Gasteiger partial charge on any atom is -0.493 e. The van der Waals surface area contributed by atoms with Crippen LogP contribution >= 0.6 is 0 Å². The number of imide groups is 2. The van der Waals surface area contributed by atoms with Crippen molar-refractivity contribution in [2.24, 2.45) is 11.3 Å². The summed E-state index contributed by atoms with van der Waals surface area (Å²) in [6, 6.07) is 7.37. The molecule has 3 saturated heterocycles. The number of nitrogens with zero attached hydrogens (tertiary/aromatic N) is 6. The summed E-state index contributed by atoms with van der Waals surface area (Å²) in [5.41, 5.74) is 5.83. The van der Waals surface area contributed by atoms with Crippen molar-refractivity contribution < 1.29 is 51.0 Å². The first kappa shape index (κ1) is 49.4. The number of ether oxygens (including phenoxy) is 2. The van der Waals surface area contributed by atoms with Crippen LogP contribution in [0, 0.1) is 24.1 Å². The highest BCUT2D eigenvalue weighted by Crippen LogP contribution is 2.51. The van der Waals surface area contributed by atoms with Gasteiger partial charge in [0.2, 0.25) is 17.7 Å². The Balaban J connectivity index is 0.797. The zero-order chi connectivity index (χ0) is 50.5. The number of likely N-dealkylation sites (N-methyl/N-ethyl adjacent to an activating group) is 1. The number of likely N-dealkylation sites (tertiary alicyclic amines) is 1. The van der Waals surface area contributed by atoms with Crippen LogP contribution in [0.1, 0.15) is 95.6 Å². The van der Waals surface area contributed by atoms with Gasteiger partial charge in [-0.25, -0.2) is 14.4 Å². The van der Waals surface area contributed by atoms with Gasteiger partial charge in [0, 0.05) is 68.7 Å². The third kappa shape index (κ3) is 10.3. The summed E-state index contributed by atoms with van der Waals surface area (Å²) in [6.45, 7) is 8.44. The Labute approximate surface area is 407 Å². The van der Waals surface area contributed by atoms with Gasteiger partial charge in [-0.2, -0.15) is 13.2 Å². The van der Waals surface area contributed by atoms with Crippen molar-refractivity contribution in [3.05, 3.63) is 76.4 Å². The van der Waals surface area contributed by atoms with E-state index in [-0.39, 0.29) is 52.7 Å². The van der Waals surface area contributed by atoms with Crippen LogP contribution in [0.25, 0.3) is 10.9 Å². The van der Waals surface area contributed by atoms with Crippen molar-refractivity contribution in [2.45, 2.75) is 83.1 Å². The fourth-order valence-electron chi connectivity index (χ4n) is 10.5. The third-order valence-electron chi connectivity index (χ3n) is 14.7. The molecule has 9 rings (SSSR count). The van der Waals surface area contributed by atoms with Crippen molar-refractivity contribution in [2.75, 3.05) is 82.5 Å². The normalized spacial score (nSPS) is 20.7. The highest BCUT2D eigenvalue weighted by Gasteiger charge is 2.49. The first-order chi connectivity index (χ1) is 33.8. The molecule has 5 heterocycles. The lowest BCUT2D eigenvalue weighted by Gasteiger charge is -2.41. The monoisotopic (exact) mass is 986 g/mol. The summed E-state index contributed by atoms with van der Waals surface area (Å²) in [7, 11) is 3.19. The molecule has 21 heteroatoms. The molecule has 71 heavy (non-hydrogen) atoms. The lowest BCUT2D eigenvalue weighted by molar-refractivity contribution is -0.138. The van der Waals surface area contributed by atoms with E-state index in [0.717, 1.165) is 68.4 Å². The number of amides is 5. The molecule has 0 radical (unpaired) electrons. The predicted molar refractivity (Wildman–Crippen MR) is 254 cm³/mol. The van der Waals surface area contributed by atoms with E-state index < -0.39 is 53.3 Å². The van der Waals surface area contributed by atoms with E-state index >= 15 is 4.39 Å². The fraction of sp³-hybridized carbons (Fsp3) is 0.500. The maximum Gasteiger partial charge on any atom is 0.416 e. The second kappa shape index (κ2) is 19.5. The Morgan fingerprint density at radius 2 is 1.63 bits per heavy atom. The van der Waals surface area contributed by atoms with E-state index in [2.05, 4.69) is 35.7 Å². The first-order valence-corrected chi connectivity index (χ1v) is 24.0. The number of piperazine rings is 1. The molecule has 4 aliphatic heterocycles. The molecule has 17 nitrogen and oxygen atoms in total. The molecule has 1 aliphatic carbocycles. The lowest BCUT2D eigenvalue weighted by atomic mass is 9.91. The van der Waals surface area contributed by atoms with Crippen LogP contribution in [0.2, 0.25) is 0 Å². The standard InChI is InChI=1S/C50H58F4N10O7/c1-27(30-17-31(50(52,53)54)19-32(55)18-30)57-44-35-22-42(41(70-4)23-37(35)58-28(2)59-44)71-26-49(9-10-49)24-40(45(66)56-3)62-11-7-29(8-12-62)25-61-13-15-63(16-14-61)39-21-34-33(20-36(39)51)47(68)64(48(34)69)38-5-6-43(65)60-46(38)67/h17-23,27,29,38,40H,5-16,24-26,55H2,1-4H3,(H,56,66)(H,57,58,59)(H,60,65,67). The molecule has 0 spiro atoms. The molecule has 4 aromatic rings. The molecule has 3 atom stereocenters. The van der Waals surface area contributed by atoms with E-state index in [1.54, 1.807) is 33.0 Å². The second-order valence-electron chi connectivity index (χ2n) is 19.6. The number of alkyl halides is 3. The van der Waals surface area contributed by atoms with Gasteiger partial charge in [0.15, 0.2) is 11.5 Å². The van der Waals surface area contributed by atoms with Gasteiger partial charge < -0.3 is 30.7 Å². The molecule has 5 aliphatic rings. The average molecular weight is 987 g/mol. The minimum absolute atomic E-state index is 0.00526. The van der Waals surface area contributed by atoms with Crippen LogP contribution in [-0.4, -0.2) is 133 Å². The number of anilines is 3. The lowest BCUT2D eigenvalue weighted by Crippen LogP contribution is -2.54. The number of carbonyl (C=O) groups excluding carboxylic acids is 5. The maximum atomic E-state index is 15.6. The van der Waals surface area contributed by atoms with Gasteiger partial charge in [0.1, 0.15) is 23.5 Å². The quantitative estimate of drug-likeness (QED) is 0.0664. The molecule has 4 fully saturated rings. The third-order valence-corrected chi connectivity index (χ3v) is 14.7. The van der Waals surface area contributed by atoms with Gasteiger partial charge in [-0.1, -0.05) is 0 Å². The number of nitrogen functional groups attached to an aromatic ring is 1. The number of nitrogens with two attached hydrogens (primary N) is 1. The molecule has 0 bridgehead atoms. The number of carbonyl (C=O) groups is 5. The van der Waals surface area contributed by atoms with Crippen LogP contribution in [0.3, 0.4) is 0 Å². The topological polar surface area (TPSA) is 205 Å². The van der Waals surface area contributed by atoms with Crippen molar-refractivity contribution in [1.29, 1.82) is 0 Å². The number of nitrogens with one attached hydrogen (secondary N) is 3. The summed E-state index contributed by atoms with van der Waals surface area (Å²) in [5.74, 6) is -1.17. The molecule has 5 amide bonds. The molecular formula is C50H58F4N10O7. The van der Waals surface area contributed by atoms with Crippen LogP contribution in [0.15, 0.2) is 42.5 Å². The van der Waals surface area contributed by atoms with Crippen LogP contribution < -0.4 is 36.1 Å². The number of hydrogen-bond donors (Lipinski definition) is 4. The second-order valence-corrected chi connectivity index (χ2v) is 19.6. The number of piperidine rings is 2. The zero-order valence-corrected chi connectivity index (χ0v) is 40.1. The predicted octanol–water partition coefficient (Wildman–Crippen LogP) is 5.46. The van der Waals surface area contributed by atoms with Crippen molar-refractivity contribution in [1.82, 2.24) is 35.3 Å². The molecule has 5 N–H and O–H groups in total. The van der Waals surface area contributed by atoms with Crippen LogP contribution in [-0.2, 0) is 20.6 Å². The number of fused-ring (bicyclic) bond motifs is 2. The highest BCUT2D eigenvalue weighted by atomic mass is 19.4. The first-order valence-electron chi connectivity index (χ1n) is 24.0. The van der Waals surface area contributed by atoms with E-state index in [1.807, 2.05) is 4.90 Å². The summed E-state index contributed by atoms with van der Waals surface area (Å²) >= 11 is 0. The van der Waals surface area contributed by atoms with Gasteiger partial charge in [-0.15, -0.1) is 0 Å². The van der Waals surface area contributed by atoms with E-state index in [9.17, 15) is 37.1 Å².